The molecule has 2 aromatic rings. The molecule has 144 valence electrons. The van der Waals surface area contributed by atoms with Crippen LogP contribution in [0.1, 0.15) is 29.3 Å². The number of halogens is 1. The van der Waals surface area contributed by atoms with Gasteiger partial charge in [0.05, 0.1) is 4.90 Å². The number of Topliss-reactive ketones (excluding diaryl/α,β-unsaturated/α-hetero) is 1. The Labute approximate surface area is 157 Å². The molecule has 2 aromatic carbocycles. The number of carbonyl (C=O) groups excluding carboxylic acids is 2. The summed E-state index contributed by atoms with van der Waals surface area (Å²) in [5.74, 6) is -0.785. The maximum absolute atomic E-state index is 13.1. The maximum atomic E-state index is 13.1. The van der Waals surface area contributed by atoms with Crippen LogP contribution in [0.15, 0.2) is 53.4 Å². The quantitative estimate of drug-likeness (QED) is 0.639. The van der Waals surface area contributed by atoms with Crippen molar-refractivity contribution in [3.8, 4) is 0 Å². The van der Waals surface area contributed by atoms with E-state index in [9.17, 15) is 22.4 Å². The molecule has 0 aliphatic heterocycles. The second-order valence-corrected chi connectivity index (χ2v) is 7.73. The summed E-state index contributed by atoms with van der Waals surface area (Å²) in [6.07, 6.45) is 0.464. The van der Waals surface area contributed by atoms with Gasteiger partial charge in [0, 0.05) is 25.1 Å². The van der Waals surface area contributed by atoms with Crippen LogP contribution in [0.2, 0.25) is 0 Å². The van der Waals surface area contributed by atoms with E-state index < -0.39 is 10.0 Å². The van der Waals surface area contributed by atoms with Crippen molar-refractivity contribution in [1.29, 1.82) is 0 Å². The third kappa shape index (κ3) is 6.58. The van der Waals surface area contributed by atoms with Gasteiger partial charge >= 0.3 is 0 Å². The number of ketones is 1. The molecule has 0 atom stereocenters. The molecule has 0 unspecified atom stereocenters. The van der Waals surface area contributed by atoms with Crippen molar-refractivity contribution in [2.45, 2.75) is 24.7 Å². The monoisotopic (exact) mass is 392 g/mol. The van der Waals surface area contributed by atoms with Gasteiger partial charge in [-0.05, 0) is 43.2 Å². The Morgan fingerprint density at radius 2 is 1.74 bits per heavy atom. The highest BCUT2D eigenvalue weighted by molar-refractivity contribution is 7.89. The summed E-state index contributed by atoms with van der Waals surface area (Å²) in [5.41, 5.74) is 1.19. The zero-order chi connectivity index (χ0) is 19.9. The topological polar surface area (TPSA) is 92.3 Å². The molecule has 0 aromatic heterocycles. The fourth-order valence-corrected chi connectivity index (χ4v) is 3.41. The molecule has 27 heavy (non-hydrogen) atoms. The lowest BCUT2D eigenvalue weighted by Gasteiger charge is -2.08. The van der Waals surface area contributed by atoms with Gasteiger partial charge in [-0.2, -0.15) is 0 Å². The Bertz CT molecular complexity index is 912. The zero-order valence-electron chi connectivity index (χ0n) is 14.9. The lowest BCUT2D eigenvalue weighted by molar-refractivity contribution is -0.120. The fraction of sp³-hybridized carbons (Fsp3) is 0.263. The van der Waals surface area contributed by atoms with Crippen LogP contribution in [0, 0.1) is 5.82 Å². The van der Waals surface area contributed by atoms with Gasteiger partial charge in [0.25, 0.3) is 0 Å². The van der Waals surface area contributed by atoms with Crippen molar-refractivity contribution in [3.05, 3.63) is 65.5 Å². The molecule has 2 N–H and O–H groups in total. The SMILES string of the molecule is CC(=O)c1ccc(S(=O)(=O)NCCC(=O)NCCc2cccc(F)c2)cc1. The minimum atomic E-state index is -3.75. The predicted octanol–water partition coefficient (Wildman–Crippen LogP) is 2.06. The van der Waals surface area contributed by atoms with Gasteiger partial charge in [-0.3, -0.25) is 9.59 Å². The number of sulfonamides is 1. The average molecular weight is 392 g/mol. The van der Waals surface area contributed by atoms with Crippen molar-refractivity contribution >= 4 is 21.7 Å². The largest absolute Gasteiger partial charge is 0.356 e. The smallest absolute Gasteiger partial charge is 0.240 e. The van der Waals surface area contributed by atoms with Gasteiger partial charge in [-0.1, -0.05) is 24.3 Å². The van der Waals surface area contributed by atoms with Crippen LogP contribution < -0.4 is 10.0 Å². The summed E-state index contributed by atoms with van der Waals surface area (Å²) in [6.45, 7) is 1.68. The normalized spacial score (nSPS) is 11.2. The number of hydrogen-bond acceptors (Lipinski definition) is 4. The van der Waals surface area contributed by atoms with Gasteiger partial charge in [-0.25, -0.2) is 17.5 Å². The molecule has 0 aliphatic rings. The summed E-state index contributed by atoms with van der Waals surface area (Å²) in [5, 5.41) is 2.66. The first-order valence-corrected chi connectivity index (χ1v) is 9.88. The number of rotatable bonds is 9. The molecule has 0 aliphatic carbocycles. The molecule has 0 fully saturated rings. The van der Waals surface area contributed by atoms with Gasteiger partial charge in [-0.15, -0.1) is 0 Å². The van der Waals surface area contributed by atoms with E-state index in [0.717, 1.165) is 5.56 Å². The maximum Gasteiger partial charge on any atom is 0.240 e. The molecular weight excluding hydrogens is 371 g/mol. The summed E-state index contributed by atoms with van der Waals surface area (Å²) >= 11 is 0. The molecule has 8 heteroatoms. The van der Waals surface area contributed by atoms with Crippen LogP contribution >= 0.6 is 0 Å². The molecule has 0 spiro atoms. The molecule has 1 amide bonds. The zero-order valence-corrected chi connectivity index (χ0v) is 15.7. The van der Waals surface area contributed by atoms with Crippen molar-refractivity contribution in [2.75, 3.05) is 13.1 Å². The Kier molecular flexibility index (Phi) is 7.20. The first kappa shape index (κ1) is 20.7. The number of nitrogens with one attached hydrogen (secondary N) is 2. The number of carbonyl (C=O) groups is 2. The number of hydrogen-bond donors (Lipinski definition) is 2. The van der Waals surface area contributed by atoms with Crippen molar-refractivity contribution < 1.29 is 22.4 Å². The van der Waals surface area contributed by atoms with Gasteiger partial charge in [0.1, 0.15) is 5.82 Å². The predicted molar refractivity (Wildman–Crippen MR) is 99.4 cm³/mol. The second-order valence-electron chi connectivity index (χ2n) is 5.96. The van der Waals surface area contributed by atoms with Crippen LogP contribution in [-0.2, 0) is 21.2 Å². The van der Waals surface area contributed by atoms with Crippen LogP contribution in [0.4, 0.5) is 4.39 Å². The molecule has 0 bridgehead atoms. The summed E-state index contributed by atoms with van der Waals surface area (Å²) in [4.78, 5) is 23.0. The Balaban J connectivity index is 1.75. The lowest BCUT2D eigenvalue weighted by Crippen LogP contribution is -2.31. The van der Waals surface area contributed by atoms with Crippen molar-refractivity contribution in [2.24, 2.45) is 0 Å². The molecule has 0 heterocycles. The van der Waals surface area contributed by atoms with Gasteiger partial charge < -0.3 is 5.32 Å². The van der Waals surface area contributed by atoms with Gasteiger partial charge in [0.2, 0.25) is 15.9 Å². The van der Waals surface area contributed by atoms with E-state index in [1.807, 2.05) is 0 Å². The van der Waals surface area contributed by atoms with E-state index >= 15 is 0 Å². The number of amides is 1. The van der Waals surface area contributed by atoms with Crippen LogP contribution in [-0.4, -0.2) is 33.2 Å². The van der Waals surface area contributed by atoms with Crippen LogP contribution in [0.25, 0.3) is 0 Å². The minimum Gasteiger partial charge on any atom is -0.356 e. The Hall–Kier alpha value is -2.58. The molecule has 0 saturated heterocycles. The van der Waals surface area contributed by atoms with E-state index in [1.54, 1.807) is 12.1 Å². The molecular formula is C19H21FN2O4S. The highest BCUT2D eigenvalue weighted by Gasteiger charge is 2.14. The van der Waals surface area contributed by atoms with E-state index in [-0.39, 0.29) is 35.4 Å². The fourth-order valence-electron chi connectivity index (χ4n) is 2.38. The number of benzene rings is 2. The van der Waals surface area contributed by atoms with E-state index in [1.165, 1.54) is 43.3 Å². The highest BCUT2D eigenvalue weighted by atomic mass is 32.2. The molecule has 0 radical (unpaired) electrons. The Morgan fingerprint density at radius 1 is 1.04 bits per heavy atom. The standard InChI is InChI=1S/C19H21FN2O4S/c1-14(23)16-5-7-18(8-6-16)27(25,26)22-12-10-19(24)21-11-9-15-3-2-4-17(20)13-15/h2-8,13,22H,9-12H2,1H3,(H,21,24). The average Bonchev–Trinajstić information content (AvgIpc) is 2.61. The summed E-state index contributed by atoms with van der Waals surface area (Å²) in [7, 11) is -3.75. The van der Waals surface area contributed by atoms with E-state index in [0.29, 0.717) is 18.5 Å². The van der Waals surface area contributed by atoms with Crippen molar-refractivity contribution in [1.82, 2.24) is 10.0 Å². The van der Waals surface area contributed by atoms with Crippen LogP contribution in [0.3, 0.4) is 0 Å². The second kappa shape index (κ2) is 9.38. The van der Waals surface area contributed by atoms with Gasteiger partial charge in [0.15, 0.2) is 5.78 Å². The summed E-state index contributed by atoms with van der Waals surface area (Å²) in [6, 6.07) is 11.7. The first-order valence-electron chi connectivity index (χ1n) is 8.40. The third-order valence-electron chi connectivity index (χ3n) is 3.84. The molecule has 0 saturated carbocycles. The van der Waals surface area contributed by atoms with E-state index in [4.69, 9.17) is 0 Å². The highest BCUT2D eigenvalue weighted by Crippen LogP contribution is 2.11. The van der Waals surface area contributed by atoms with Crippen molar-refractivity contribution in [3.63, 3.8) is 0 Å². The lowest BCUT2D eigenvalue weighted by atomic mass is 10.1. The Morgan fingerprint density at radius 3 is 2.37 bits per heavy atom. The minimum absolute atomic E-state index is 0.0199. The first-order chi connectivity index (χ1) is 12.8. The van der Waals surface area contributed by atoms with Crippen LogP contribution in [0.5, 0.6) is 0 Å². The third-order valence-corrected chi connectivity index (χ3v) is 5.32. The molecule has 6 nitrogen and oxygen atoms in total. The summed E-state index contributed by atoms with van der Waals surface area (Å²) < 4.78 is 39.7. The van der Waals surface area contributed by atoms with E-state index in [2.05, 4.69) is 10.0 Å². The molecule has 2 rings (SSSR count).